The van der Waals surface area contributed by atoms with Crippen molar-refractivity contribution >= 4 is 23.3 Å². The molecule has 3 aromatic carbocycles. The third kappa shape index (κ3) is 4.15. The summed E-state index contributed by atoms with van der Waals surface area (Å²) >= 11 is 6.10. The predicted molar refractivity (Wildman–Crippen MR) is 125 cm³/mol. The first kappa shape index (κ1) is 22.1. The average molecular weight is 482 g/mol. The van der Waals surface area contributed by atoms with Gasteiger partial charge in [-0.25, -0.2) is 4.79 Å². The lowest BCUT2D eigenvalue weighted by Crippen LogP contribution is -2.38. The van der Waals surface area contributed by atoms with Gasteiger partial charge < -0.3 is 14.8 Å². The maximum Gasteiger partial charge on any atom is 0.416 e. The van der Waals surface area contributed by atoms with Crippen LogP contribution in [0.2, 0.25) is 5.02 Å². The van der Waals surface area contributed by atoms with Gasteiger partial charge in [0.1, 0.15) is 0 Å². The largest absolute Gasteiger partial charge is 0.416 e. The van der Waals surface area contributed by atoms with E-state index in [0.717, 1.165) is 34.6 Å². The molecule has 1 aromatic heterocycles. The van der Waals surface area contributed by atoms with Crippen molar-refractivity contribution in [3.63, 3.8) is 0 Å². The Kier molecular flexibility index (Phi) is 5.57. The van der Waals surface area contributed by atoms with Crippen LogP contribution in [0.15, 0.2) is 91.1 Å². The van der Waals surface area contributed by atoms with Gasteiger partial charge in [-0.05, 0) is 59.7 Å². The Bertz CT molecular complexity index is 1350. The Morgan fingerprint density at radius 2 is 1.71 bits per heavy atom. The van der Waals surface area contributed by atoms with E-state index in [1.807, 2.05) is 59.3 Å². The molecule has 34 heavy (non-hydrogen) atoms. The van der Waals surface area contributed by atoms with E-state index in [-0.39, 0.29) is 12.2 Å². The number of nitrogens with zero attached hydrogens (tertiary/aromatic N) is 2. The van der Waals surface area contributed by atoms with Gasteiger partial charge in [0.05, 0.1) is 23.8 Å². The van der Waals surface area contributed by atoms with Crippen molar-refractivity contribution in [3.05, 3.63) is 119 Å². The number of nitrogens with one attached hydrogen (secondary N) is 1. The first-order chi connectivity index (χ1) is 16.3. The number of carbonyl (C=O) groups excluding carboxylic acids is 1. The quantitative estimate of drug-likeness (QED) is 0.321. The van der Waals surface area contributed by atoms with Crippen molar-refractivity contribution < 1.29 is 18.0 Å². The lowest BCUT2D eigenvalue weighted by atomic mass is 10.0. The van der Waals surface area contributed by atoms with E-state index >= 15 is 0 Å². The van der Waals surface area contributed by atoms with Crippen molar-refractivity contribution in [3.8, 4) is 5.69 Å². The third-order valence-corrected chi connectivity index (χ3v) is 6.10. The molecule has 0 aliphatic carbocycles. The third-order valence-electron chi connectivity index (χ3n) is 5.85. The van der Waals surface area contributed by atoms with Crippen LogP contribution in [0.4, 0.5) is 23.7 Å². The number of halogens is 4. The Labute approximate surface area is 199 Å². The van der Waals surface area contributed by atoms with Crippen LogP contribution in [-0.4, -0.2) is 15.5 Å². The lowest BCUT2D eigenvalue weighted by Gasteiger charge is -2.31. The van der Waals surface area contributed by atoms with E-state index < -0.39 is 23.8 Å². The van der Waals surface area contributed by atoms with Gasteiger partial charge in [0.25, 0.3) is 0 Å². The maximum atomic E-state index is 13.6. The molecule has 8 heteroatoms. The molecule has 1 aliphatic rings. The van der Waals surface area contributed by atoms with Gasteiger partial charge in [0.15, 0.2) is 0 Å². The minimum absolute atomic E-state index is 0.0718. The monoisotopic (exact) mass is 481 g/mol. The van der Waals surface area contributed by atoms with Crippen LogP contribution in [0.5, 0.6) is 0 Å². The van der Waals surface area contributed by atoms with Crippen molar-refractivity contribution in [1.29, 1.82) is 0 Å². The highest BCUT2D eigenvalue weighted by Crippen LogP contribution is 2.37. The van der Waals surface area contributed by atoms with E-state index in [4.69, 9.17) is 11.6 Å². The Morgan fingerprint density at radius 3 is 2.47 bits per heavy atom. The van der Waals surface area contributed by atoms with Crippen LogP contribution in [0.3, 0.4) is 0 Å². The van der Waals surface area contributed by atoms with Gasteiger partial charge in [-0.15, -0.1) is 0 Å². The summed E-state index contributed by atoms with van der Waals surface area (Å²) in [6.45, 7) is 0.260. The van der Waals surface area contributed by atoms with Crippen LogP contribution < -0.4 is 5.32 Å². The molecule has 172 valence electrons. The fraction of sp³-hybridized carbons (Fsp3) is 0.115. The zero-order valence-corrected chi connectivity index (χ0v) is 18.5. The number of fused-ring (bicyclic) bond motifs is 3. The zero-order chi connectivity index (χ0) is 23.9. The van der Waals surface area contributed by atoms with Gasteiger partial charge in [0, 0.05) is 22.6 Å². The summed E-state index contributed by atoms with van der Waals surface area (Å²) in [6.07, 6.45) is -2.57. The topological polar surface area (TPSA) is 37.3 Å². The molecule has 4 aromatic rings. The molecule has 0 bridgehead atoms. The number of carbonyl (C=O) groups is 1. The number of hydrogen-bond donors (Lipinski definition) is 1. The van der Waals surface area contributed by atoms with Crippen LogP contribution in [0.25, 0.3) is 5.69 Å². The molecule has 0 saturated heterocycles. The second kappa shape index (κ2) is 8.57. The SMILES string of the molecule is O=C(Nc1cccc(C(F)(F)F)c1)N1Cc2ccccc2-n2cccc2[C@@H]1c1ccc(Cl)cc1. The highest BCUT2D eigenvalue weighted by Gasteiger charge is 2.34. The van der Waals surface area contributed by atoms with Gasteiger partial charge in [0.2, 0.25) is 0 Å². The highest BCUT2D eigenvalue weighted by atomic mass is 35.5. The average Bonchev–Trinajstić information content (AvgIpc) is 3.24. The molecular formula is C26H19ClF3N3O. The number of amides is 2. The van der Waals surface area contributed by atoms with Crippen LogP contribution in [-0.2, 0) is 12.7 Å². The van der Waals surface area contributed by atoms with Crippen molar-refractivity contribution in [2.75, 3.05) is 5.32 Å². The Morgan fingerprint density at radius 1 is 0.941 bits per heavy atom. The number of hydrogen-bond acceptors (Lipinski definition) is 1. The Balaban J connectivity index is 1.59. The van der Waals surface area contributed by atoms with E-state index in [1.54, 1.807) is 17.0 Å². The van der Waals surface area contributed by atoms with Gasteiger partial charge in [-0.2, -0.15) is 13.2 Å². The summed E-state index contributed by atoms with van der Waals surface area (Å²) < 4.78 is 41.6. The second-order valence-electron chi connectivity index (χ2n) is 8.02. The molecule has 0 radical (unpaired) electrons. The minimum atomic E-state index is -4.51. The summed E-state index contributed by atoms with van der Waals surface area (Å²) in [5.74, 6) is 0. The van der Waals surface area contributed by atoms with E-state index in [2.05, 4.69) is 5.32 Å². The molecule has 0 unspecified atom stereocenters. The normalized spacial score (nSPS) is 15.3. The van der Waals surface area contributed by atoms with Gasteiger partial charge in [-0.1, -0.05) is 48.0 Å². The van der Waals surface area contributed by atoms with Crippen LogP contribution >= 0.6 is 11.6 Å². The van der Waals surface area contributed by atoms with Crippen LogP contribution in [0, 0.1) is 0 Å². The molecule has 5 rings (SSSR count). The molecule has 0 spiro atoms. The van der Waals surface area contributed by atoms with Crippen molar-refractivity contribution in [2.45, 2.75) is 18.8 Å². The number of anilines is 1. The smallest absolute Gasteiger partial charge is 0.318 e. The van der Waals surface area contributed by atoms with Gasteiger partial charge >= 0.3 is 12.2 Å². The van der Waals surface area contributed by atoms with Crippen LogP contribution in [0.1, 0.15) is 28.4 Å². The van der Waals surface area contributed by atoms with Crippen molar-refractivity contribution in [2.24, 2.45) is 0 Å². The maximum absolute atomic E-state index is 13.6. The molecular weight excluding hydrogens is 463 g/mol. The highest BCUT2D eigenvalue weighted by molar-refractivity contribution is 6.30. The summed E-state index contributed by atoms with van der Waals surface area (Å²) in [6, 6.07) is 22.4. The summed E-state index contributed by atoms with van der Waals surface area (Å²) in [5, 5.41) is 3.23. The summed E-state index contributed by atoms with van der Waals surface area (Å²) in [5.41, 5.74) is 2.78. The fourth-order valence-corrected chi connectivity index (χ4v) is 4.43. The fourth-order valence-electron chi connectivity index (χ4n) is 4.30. The van der Waals surface area contributed by atoms with Gasteiger partial charge in [-0.3, -0.25) is 0 Å². The van der Waals surface area contributed by atoms with Crippen molar-refractivity contribution in [1.82, 2.24) is 9.47 Å². The Hall–Kier alpha value is -3.71. The first-order valence-electron chi connectivity index (χ1n) is 10.6. The standard InChI is InChI=1S/C26H19ClF3N3O/c27-20-12-10-17(11-13-20)24-23-9-4-14-32(23)22-8-2-1-5-18(22)16-33(24)25(34)31-21-7-3-6-19(15-21)26(28,29)30/h1-15,24H,16H2,(H,31,34)/t24-/m0/s1. The molecule has 0 fully saturated rings. The molecule has 1 N–H and O–H groups in total. The first-order valence-corrected chi connectivity index (χ1v) is 10.9. The molecule has 0 saturated carbocycles. The number of benzene rings is 3. The number of para-hydroxylation sites is 1. The minimum Gasteiger partial charge on any atom is -0.318 e. The molecule has 2 amide bonds. The second-order valence-corrected chi connectivity index (χ2v) is 8.46. The van der Waals surface area contributed by atoms with E-state index in [1.165, 1.54) is 12.1 Å². The lowest BCUT2D eigenvalue weighted by molar-refractivity contribution is -0.137. The molecule has 2 heterocycles. The zero-order valence-electron chi connectivity index (χ0n) is 17.8. The molecule has 1 atom stereocenters. The number of aromatic nitrogens is 1. The van der Waals surface area contributed by atoms with E-state index in [0.29, 0.717) is 5.02 Å². The summed E-state index contributed by atoms with van der Waals surface area (Å²) in [4.78, 5) is 15.2. The predicted octanol–water partition coefficient (Wildman–Crippen LogP) is 7.29. The number of urea groups is 1. The summed E-state index contributed by atoms with van der Waals surface area (Å²) in [7, 11) is 0. The number of rotatable bonds is 2. The molecule has 4 nitrogen and oxygen atoms in total. The van der Waals surface area contributed by atoms with E-state index in [9.17, 15) is 18.0 Å². The molecule has 1 aliphatic heterocycles. The number of alkyl halides is 3.